The fraction of sp³-hybridized carbons (Fsp3) is 0.471. The number of benzene rings is 1. The Bertz CT molecular complexity index is 542. The first-order chi connectivity index (χ1) is 9.45. The zero-order valence-corrected chi connectivity index (χ0v) is 12.1. The van der Waals surface area contributed by atoms with Gasteiger partial charge in [0.2, 0.25) is 0 Å². The highest BCUT2D eigenvalue weighted by atomic mass is 16.4. The Kier molecular flexibility index (Phi) is 4.15. The highest BCUT2D eigenvalue weighted by Gasteiger charge is 2.35. The van der Waals surface area contributed by atoms with Gasteiger partial charge in [-0.1, -0.05) is 44.0 Å². The summed E-state index contributed by atoms with van der Waals surface area (Å²) in [4.78, 5) is 12.9. The predicted octanol–water partition coefficient (Wildman–Crippen LogP) is 2.82. The number of hydrogen-bond acceptors (Lipinski definition) is 2. The first-order valence-electron chi connectivity index (χ1n) is 6.94. The van der Waals surface area contributed by atoms with Crippen LogP contribution in [0.15, 0.2) is 24.3 Å². The van der Waals surface area contributed by atoms with Gasteiger partial charge in [-0.2, -0.15) is 0 Å². The number of carboxylic acid groups (broad SMARTS) is 1. The van der Waals surface area contributed by atoms with Gasteiger partial charge < -0.3 is 5.11 Å². The van der Waals surface area contributed by atoms with Gasteiger partial charge in [0, 0.05) is 6.04 Å². The van der Waals surface area contributed by atoms with Gasteiger partial charge in [-0.15, -0.1) is 6.42 Å². The molecular formula is C17H21NO2. The van der Waals surface area contributed by atoms with Crippen LogP contribution in [-0.2, 0) is 10.2 Å². The van der Waals surface area contributed by atoms with E-state index in [1.54, 1.807) is 0 Å². The first kappa shape index (κ1) is 14.6. The Labute approximate surface area is 120 Å². The van der Waals surface area contributed by atoms with Gasteiger partial charge in [0.15, 0.2) is 0 Å². The Hall–Kier alpha value is -1.79. The smallest absolute Gasteiger partial charge is 0.317 e. The number of fused-ring (bicyclic) bond motifs is 1. The zero-order chi connectivity index (χ0) is 14.8. The van der Waals surface area contributed by atoms with E-state index in [9.17, 15) is 4.79 Å². The molecular weight excluding hydrogens is 250 g/mol. The number of carbonyl (C=O) groups is 1. The summed E-state index contributed by atoms with van der Waals surface area (Å²) >= 11 is 0. The lowest BCUT2D eigenvalue weighted by Crippen LogP contribution is -2.38. The second-order valence-corrected chi connectivity index (χ2v) is 6.03. The highest BCUT2D eigenvalue weighted by molar-refractivity contribution is 5.69. The summed E-state index contributed by atoms with van der Waals surface area (Å²) in [6.07, 6.45) is 7.38. The molecule has 0 bridgehead atoms. The fourth-order valence-electron chi connectivity index (χ4n) is 3.14. The van der Waals surface area contributed by atoms with Gasteiger partial charge in [-0.3, -0.25) is 9.69 Å². The average molecular weight is 271 g/mol. The number of aliphatic carboxylic acids is 1. The van der Waals surface area contributed by atoms with E-state index >= 15 is 0 Å². The minimum atomic E-state index is -0.831. The molecule has 3 nitrogen and oxygen atoms in total. The molecule has 1 aromatic rings. The standard InChI is InChI=1S/C17H21NO2/c1-4-11-18(12-16(19)20)15-9-10-17(2,3)14-8-6-5-7-13(14)15/h1,5-8,15H,9-12H2,2-3H3,(H,19,20). The Morgan fingerprint density at radius 2 is 2.20 bits per heavy atom. The van der Waals surface area contributed by atoms with E-state index < -0.39 is 5.97 Å². The summed E-state index contributed by atoms with van der Waals surface area (Å²) in [5.41, 5.74) is 2.67. The lowest BCUT2D eigenvalue weighted by molar-refractivity contribution is -0.138. The molecule has 0 spiro atoms. The van der Waals surface area contributed by atoms with Crippen molar-refractivity contribution in [2.75, 3.05) is 13.1 Å². The Balaban J connectivity index is 2.38. The lowest BCUT2D eigenvalue weighted by atomic mass is 9.70. The molecule has 0 fully saturated rings. The minimum Gasteiger partial charge on any atom is -0.480 e. The van der Waals surface area contributed by atoms with E-state index in [2.05, 4.69) is 31.9 Å². The normalized spacial score (nSPS) is 20.2. The van der Waals surface area contributed by atoms with Gasteiger partial charge >= 0.3 is 5.97 Å². The van der Waals surface area contributed by atoms with Crippen LogP contribution in [0, 0.1) is 12.3 Å². The zero-order valence-electron chi connectivity index (χ0n) is 12.1. The number of hydrogen-bond donors (Lipinski definition) is 1. The van der Waals surface area contributed by atoms with Gasteiger partial charge in [-0.25, -0.2) is 0 Å². The summed E-state index contributed by atoms with van der Waals surface area (Å²) in [5, 5.41) is 9.08. The summed E-state index contributed by atoms with van der Waals surface area (Å²) in [5.74, 6) is 1.75. The monoisotopic (exact) mass is 271 g/mol. The third-order valence-corrected chi connectivity index (χ3v) is 4.17. The second-order valence-electron chi connectivity index (χ2n) is 6.03. The fourth-order valence-corrected chi connectivity index (χ4v) is 3.14. The van der Waals surface area contributed by atoms with Crippen molar-refractivity contribution in [1.29, 1.82) is 0 Å². The van der Waals surface area contributed by atoms with Crippen molar-refractivity contribution >= 4 is 5.97 Å². The molecule has 2 rings (SSSR count). The van der Waals surface area contributed by atoms with E-state index in [1.165, 1.54) is 11.1 Å². The van der Waals surface area contributed by atoms with Gasteiger partial charge in [0.25, 0.3) is 0 Å². The SMILES string of the molecule is C#CCN(CC(=O)O)C1CCC(C)(C)c2ccccc21. The van der Waals surface area contributed by atoms with Crippen LogP contribution in [-0.4, -0.2) is 29.1 Å². The molecule has 0 amide bonds. The van der Waals surface area contributed by atoms with E-state index in [0.29, 0.717) is 6.54 Å². The molecule has 20 heavy (non-hydrogen) atoms. The third kappa shape index (κ3) is 2.86. The summed E-state index contributed by atoms with van der Waals surface area (Å²) in [7, 11) is 0. The van der Waals surface area contributed by atoms with Crippen molar-refractivity contribution in [2.45, 2.75) is 38.1 Å². The summed E-state index contributed by atoms with van der Waals surface area (Å²) in [6.45, 7) is 4.84. The van der Waals surface area contributed by atoms with E-state index in [-0.39, 0.29) is 18.0 Å². The molecule has 1 aromatic carbocycles. The summed E-state index contributed by atoms with van der Waals surface area (Å²) < 4.78 is 0. The molecule has 0 saturated heterocycles. The van der Waals surface area contributed by atoms with Gasteiger partial charge in [0.05, 0.1) is 13.1 Å². The third-order valence-electron chi connectivity index (χ3n) is 4.17. The molecule has 3 heteroatoms. The van der Waals surface area contributed by atoms with Gasteiger partial charge in [-0.05, 0) is 29.4 Å². The van der Waals surface area contributed by atoms with E-state index in [4.69, 9.17) is 11.5 Å². The maximum atomic E-state index is 11.1. The molecule has 1 atom stereocenters. The molecule has 0 aromatic heterocycles. The maximum absolute atomic E-state index is 11.1. The summed E-state index contributed by atoms with van der Waals surface area (Å²) in [6, 6.07) is 8.42. The van der Waals surface area contributed by atoms with Crippen LogP contribution in [0.2, 0.25) is 0 Å². The first-order valence-corrected chi connectivity index (χ1v) is 6.94. The van der Waals surface area contributed by atoms with E-state index in [0.717, 1.165) is 12.8 Å². The van der Waals surface area contributed by atoms with Crippen molar-refractivity contribution in [2.24, 2.45) is 0 Å². The number of terminal acetylenes is 1. The number of nitrogens with zero attached hydrogens (tertiary/aromatic N) is 1. The minimum absolute atomic E-state index is 0.0103. The average Bonchev–Trinajstić information content (AvgIpc) is 2.38. The van der Waals surface area contributed by atoms with Crippen molar-refractivity contribution in [3.8, 4) is 12.3 Å². The van der Waals surface area contributed by atoms with Crippen LogP contribution in [0.4, 0.5) is 0 Å². The second kappa shape index (κ2) is 5.68. The van der Waals surface area contributed by atoms with Crippen LogP contribution in [0.1, 0.15) is 43.9 Å². The molecule has 1 aliphatic carbocycles. The van der Waals surface area contributed by atoms with Crippen LogP contribution < -0.4 is 0 Å². The van der Waals surface area contributed by atoms with Crippen LogP contribution in [0.5, 0.6) is 0 Å². The van der Waals surface area contributed by atoms with Crippen molar-refractivity contribution in [1.82, 2.24) is 4.90 Å². The molecule has 0 aliphatic heterocycles. The lowest BCUT2D eigenvalue weighted by Gasteiger charge is -2.41. The molecule has 1 unspecified atom stereocenters. The van der Waals surface area contributed by atoms with Crippen LogP contribution >= 0.6 is 0 Å². The Morgan fingerprint density at radius 3 is 2.85 bits per heavy atom. The quantitative estimate of drug-likeness (QED) is 0.856. The maximum Gasteiger partial charge on any atom is 0.317 e. The molecule has 106 valence electrons. The highest BCUT2D eigenvalue weighted by Crippen LogP contribution is 2.43. The molecule has 1 N–H and O–H groups in total. The Morgan fingerprint density at radius 1 is 1.50 bits per heavy atom. The van der Waals surface area contributed by atoms with Crippen molar-refractivity contribution in [3.63, 3.8) is 0 Å². The molecule has 0 saturated carbocycles. The predicted molar refractivity (Wildman–Crippen MR) is 79.5 cm³/mol. The van der Waals surface area contributed by atoms with Crippen LogP contribution in [0.25, 0.3) is 0 Å². The number of rotatable bonds is 4. The molecule has 1 aliphatic rings. The van der Waals surface area contributed by atoms with Crippen molar-refractivity contribution < 1.29 is 9.90 Å². The topological polar surface area (TPSA) is 40.5 Å². The molecule has 0 radical (unpaired) electrons. The van der Waals surface area contributed by atoms with Crippen molar-refractivity contribution in [3.05, 3.63) is 35.4 Å². The van der Waals surface area contributed by atoms with Crippen LogP contribution in [0.3, 0.4) is 0 Å². The van der Waals surface area contributed by atoms with E-state index in [1.807, 2.05) is 17.0 Å². The number of carboxylic acids is 1. The van der Waals surface area contributed by atoms with Gasteiger partial charge in [0.1, 0.15) is 0 Å². The largest absolute Gasteiger partial charge is 0.480 e. The molecule has 0 heterocycles.